The smallest absolute Gasteiger partial charge is 0.309 e. The minimum atomic E-state index is -0.208. The Labute approximate surface area is 95.7 Å². The second kappa shape index (κ2) is 6.48. The first-order valence-corrected chi connectivity index (χ1v) is 5.54. The van der Waals surface area contributed by atoms with Crippen LogP contribution in [0, 0.1) is 5.92 Å². The minimum absolute atomic E-state index is 0.0450. The molecule has 1 fully saturated rings. The zero-order valence-corrected chi connectivity index (χ0v) is 9.90. The fraction of sp³-hybridized carbons (Fsp3) is 0.818. The van der Waals surface area contributed by atoms with Crippen LogP contribution >= 0.6 is 0 Å². The number of hydrogen-bond donors (Lipinski definition) is 0. The Morgan fingerprint density at radius 2 is 2.06 bits per heavy atom. The summed E-state index contributed by atoms with van der Waals surface area (Å²) in [4.78, 5) is 24.5. The number of ether oxygens (including phenoxy) is 2. The summed E-state index contributed by atoms with van der Waals surface area (Å²) in [6.07, 6.45) is 2.23. The average Bonchev–Trinajstić information content (AvgIpc) is 2.35. The lowest BCUT2D eigenvalue weighted by Gasteiger charge is -2.30. The SMILES string of the molecule is COC(=O)CCN1CCC[C@H](C(=O)OC)C1. The number of esters is 2. The van der Waals surface area contributed by atoms with E-state index < -0.39 is 0 Å². The second-order valence-corrected chi connectivity index (χ2v) is 3.99. The van der Waals surface area contributed by atoms with Gasteiger partial charge in [0.15, 0.2) is 0 Å². The van der Waals surface area contributed by atoms with E-state index in [4.69, 9.17) is 4.74 Å². The van der Waals surface area contributed by atoms with Crippen LogP contribution in [0.25, 0.3) is 0 Å². The van der Waals surface area contributed by atoms with Gasteiger partial charge >= 0.3 is 11.9 Å². The summed E-state index contributed by atoms with van der Waals surface area (Å²) in [7, 11) is 2.80. The van der Waals surface area contributed by atoms with Gasteiger partial charge in [0, 0.05) is 13.1 Å². The molecule has 1 heterocycles. The van der Waals surface area contributed by atoms with Crippen molar-refractivity contribution in [3.63, 3.8) is 0 Å². The summed E-state index contributed by atoms with van der Waals surface area (Å²) in [5.41, 5.74) is 0. The number of carbonyl (C=O) groups excluding carboxylic acids is 2. The summed E-state index contributed by atoms with van der Waals surface area (Å²) in [5, 5.41) is 0. The summed E-state index contributed by atoms with van der Waals surface area (Å²) in [6, 6.07) is 0. The minimum Gasteiger partial charge on any atom is -0.469 e. The molecule has 0 aromatic rings. The highest BCUT2D eigenvalue weighted by Crippen LogP contribution is 2.17. The van der Waals surface area contributed by atoms with Gasteiger partial charge in [0.25, 0.3) is 0 Å². The number of nitrogens with zero attached hydrogens (tertiary/aromatic N) is 1. The Kier molecular flexibility index (Phi) is 5.25. The van der Waals surface area contributed by atoms with E-state index in [1.54, 1.807) is 0 Å². The summed E-state index contributed by atoms with van der Waals surface area (Å²) in [6.45, 7) is 2.27. The summed E-state index contributed by atoms with van der Waals surface area (Å²) < 4.78 is 9.31. The molecule has 0 aromatic heterocycles. The Morgan fingerprint density at radius 3 is 2.69 bits per heavy atom. The van der Waals surface area contributed by atoms with Crippen LogP contribution in [0.15, 0.2) is 0 Å². The standard InChI is InChI=1S/C11H19NO4/c1-15-10(13)5-7-12-6-3-4-9(8-12)11(14)16-2/h9H,3-8H2,1-2H3/t9-/m0/s1. The monoisotopic (exact) mass is 229 g/mol. The van der Waals surface area contributed by atoms with Gasteiger partial charge in [-0.15, -0.1) is 0 Å². The van der Waals surface area contributed by atoms with Gasteiger partial charge in [-0.2, -0.15) is 0 Å². The largest absolute Gasteiger partial charge is 0.469 e. The lowest BCUT2D eigenvalue weighted by Crippen LogP contribution is -2.40. The molecule has 16 heavy (non-hydrogen) atoms. The van der Waals surface area contributed by atoms with E-state index in [1.165, 1.54) is 14.2 Å². The lowest BCUT2D eigenvalue weighted by molar-refractivity contribution is -0.147. The van der Waals surface area contributed by atoms with Crippen molar-refractivity contribution < 1.29 is 19.1 Å². The van der Waals surface area contributed by atoms with E-state index in [2.05, 4.69) is 9.64 Å². The first kappa shape index (κ1) is 13.0. The zero-order valence-electron chi connectivity index (χ0n) is 9.90. The van der Waals surface area contributed by atoms with Gasteiger partial charge in [-0.05, 0) is 19.4 Å². The molecule has 0 amide bonds. The molecule has 5 nitrogen and oxygen atoms in total. The Bertz CT molecular complexity index is 254. The third-order valence-electron chi connectivity index (χ3n) is 2.90. The molecule has 1 rings (SSSR count). The molecule has 0 aromatic carbocycles. The quantitative estimate of drug-likeness (QED) is 0.654. The normalized spacial score (nSPS) is 21.5. The molecule has 0 unspecified atom stereocenters. The van der Waals surface area contributed by atoms with E-state index in [0.717, 1.165) is 19.4 Å². The van der Waals surface area contributed by atoms with E-state index in [-0.39, 0.29) is 17.9 Å². The highest BCUT2D eigenvalue weighted by atomic mass is 16.5. The van der Waals surface area contributed by atoms with Gasteiger partial charge in [0.2, 0.25) is 0 Å². The first-order chi connectivity index (χ1) is 7.67. The molecule has 1 aliphatic rings. The third-order valence-corrected chi connectivity index (χ3v) is 2.90. The maximum Gasteiger partial charge on any atom is 0.309 e. The van der Waals surface area contributed by atoms with E-state index in [0.29, 0.717) is 19.5 Å². The molecular weight excluding hydrogens is 210 g/mol. The number of rotatable bonds is 4. The van der Waals surface area contributed by atoms with Crippen LogP contribution in [0.2, 0.25) is 0 Å². The Balaban J connectivity index is 2.33. The Hall–Kier alpha value is -1.10. The number of piperidine rings is 1. The van der Waals surface area contributed by atoms with Gasteiger partial charge in [0.05, 0.1) is 26.6 Å². The average molecular weight is 229 g/mol. The fourth-order valence-electron chi connectivity index (χ4n) is 1.97. The summed E-state index contributed by atoms with van der Waals surface area (Å²) >= 11 is 0. The molecule has 0 aliphatic carbocycles. The molecule has 1 saturated heterocycles. The van der Waals surface area contributed by atoms with Crippen LogP contribution in [0.1, 0.15) is 19.3 Å². The van der Waals surface area contributed by atoms with Crippen molar-refractivity contribution in [2.75, 3.05) is 33.9 Å². The molecule has 0 N–H and O–H groups in total. The maximum atomic E-state index is 11.4. The van der Waals surface area contributed by atoms with Gasteiger partial charge in [-0.3, -0.25) is 9.59 Å². The van der Waals surface area contributed by atoms with Crippen molar-refractivity contribution in [3.05, 3.63) is 0 Å². The predicted molar refractivity (Wildman–Crippen MR) is 57.8 cm³/mol. The molecule has 0 spiro atoms. The molecule has 0 bridgehead atoms. The second-order valence-electron chi connectivity index (χ2n) is 3.99. The molecule has 92 valence electrons. The van der Waals surface area contributed by atoms with Crippen LogP contribution in [-0.4, -0.2) is 50.7 Å². The molecule has 1 atom stereocenters. The predicted octanol–water partition coefficient (Wildman–Crippen LogP) is 0.434. The summed E-state index contributed by atoms with van der Waals surface area (Å²) in [5.74, 6) is -0.403. The number of hydrogen-bond acceptors (Lipinski definition) is 5. The van der Waals surface area contributed by atoms with Crippen molar-refractivity contribution >= 4 is 11.9 Å². The number of methoxy groups -OCH3 is 2. The van der Waals surface area contributed by atoms with Crippen LogP contribution < -0.4 is 0 Å². The fourth-order valence-corrected chi connectivity index (χ4v) is 1.97. The van der Waals surface area contributed by atoms with Gasteiger partial charge in [-0.25, -0.2) is 0 Å². The van der Waals surface area contributed by atoms with Crippen LogP contribution in [0.3, 0.4) is 0 Å². The van der Waals surface area contributed by atoms with Crippen molar-refractivity contribution in [1.29, 1.82) is 0 Å². The number of carbonyl (C=O) groups is 2. The van der Waals surface area contributed by atoms with Gasteiger partial charge < -0.3 is 14.4 Å². The van der Waals surface area contributed by atoms with Crippen molar-refractivity contribution in [1.82, 2.24) is 4.90 Å². The van der Waals surface area contributed by atoms with Crippen LogP contribution in [0.4, 0.5) is 0 Å². The lowest BCUT2D eigenvalue weighted by atomic mass is 9.98. The maximum absolute atomic E-state index is 11.4. The van der Waals surface area contributed by atoms with Crippen LogP contribution in [-0.2, 0) is 19.1 Å². The van der Waals surface area contributed by atoms with Gasteiger partial charge in [-0.1, -0.05) is 0 Å². The Morgan fingerprint density at radius 1 is 1.31 bits per heavy atom. The topological polar surface area (TPSA) is 55.8 Å². The highest BCUT2D eigenvalue weighted by molar-refractivity contribution is 5.72. The molecule has 1 aliphatic heterocycles. The van der Waals surface area contributed by atoms with E-state index in [9.17, 15) is 9.59 Å². The first-order valence-electron chi connectivity index (χ1n) is 5.54. The van der Waals surface area contributed by atoms with E-state index in [1.807, 2.05) is 0 Å². The zero-order chi connectivity index (χ0) is 12.0. The third kappa shape index (κ3) is 3.81. The molecular formula is C11H19NO4. The van der Waals surface area contributed by atoms with Crippen molar-refractivity contribution in [2.45, 2.75) is 19.3 Å². The van der Waals surface area contributed by atoms with Crippen LogP contribution in [0.5, 0.6) is 0 Å². The molecule has 0 radical (unpaired) electrons. The highest BCUT2D eigenvalue weighted by Gasteiger charge is 2.26. The van der Waals surface area contributed by atoms with E-state index >= 15 is 0 Å². The van der Waals surface area contributed by atoms with Crippen molar-refractivity contribution in [2.24, 2.45) is 5.92 Å². The molecule has 5 heteroatoms. The van der Waals surface area contributed by atoms with Gasteiger partial charge in [0.1, 0.15) is 0 Å². The van der Waals surface area contributed by atoms with Crippen molar-refractivity contribution in [3.8, 4) is 0 Å². The number of likely N-dealkylation sites (tertiary alicyclic amines) is 1. The molecule has 0 saturated carbocycles.